The van der Waals surface area contributed by atoms with Crippen molar-refractivity contribution >= 4 is 0 Å². The molecule has 0 unspecified atom stereocenters. The van der Waals surface area contributed by atoms with Gasteiger partial charge in [0.05, 0.1) is 5.69 Å². The lowest BCUT2D eigenvalue weighted by molar-refractivity contribution is 0.663. The van der Waals surface area contributed by atoms with E-state index >= 15 is 0 Å². The zero-order chi connectivity index (χ0) is 11.9. The Morgan fingerprint density at radius 3 is 2.59 bits per heavy atom. The first-order valence-electron chi connectivity index (χ1n) is 5.70. The molecule has 0 aromatic carbocycles. The Morgan fingerprint density at radius 2 is 1.82 bits per heavy atom. The van der Waals surface area contributed by atoms with Crippen LogP contribution in [-0.4, -0.2) is 26.5 Å². The highest BCUT2D eigenvalue weighted by Gasteiger charge is 2.04. The molecule has 0 aliphatic rings. The minimum atomic E-state index is 0.560. The topological polar surface area (TPSA) is 63.6 Å². The zero-order valence-electron chi connectivity index (χ0n) is 9.80. The normalized spacial score (nSPS) is 10.4. The van der Waals surface area contributed by atoms with Gasteiger partial charge in [-0.05, 0) is 25.1 Å². The van der Waals surface area contributed by atoms with E-state index in [0.29, 0.717) is 11.6 Å². The molecule has 5 heteroatoms. The van der Waals surface area contributed by atoms with Crippen molar-refractivity contribution in [2.75, 3.05) is 6.54 Å². The second-order valence-electron chi connectivity index (χ2n) is 3.62. The Bertz CT molecular complexity index is 457. The lowest BCUT2D eigenvalue weighted by atomic mass is 10.3. The largest absolute Gasteiger partial charge is 0.311 e. The van der Waals surface area contributed by atoms with Crippen molar-refractivity contribution in [2.24, 2.45) is 0 Å². The molecule has 0 bridgehead atoms. The number of nitrogens with zero attached hydrogens (tertiary/aromatic N) is 4. The standard InChI is InChI=1S/C12H15N5/c1-2-5-13-9-10-4-8-16-12(17-10)11-14-6-3-7-15-11/h3-4,6-8,13H,2,5,9H2,1H3. The average Bonchev–Trinajstić information content (AvgIpc) is 2.41. The van der Waals surface area contributed by atoms with Gasteiger partial charge < -0.3 is 5.32 Å². The van der Waals surface area contributed by atoms with Crippen LogP contribution in [0.25, 0.3) is 11.6 Å². The first-order chi connectivity index (χ1) is 8.40. The van der Waals surface area contributed by atoms with Gasteiger partial charge in [0.15, 0.2) is 11.6 Å². The quantitative estimate of drug-likeness (QED) is 0.786. The molecule has 2 aromatic rings. The van der Waals surface area contributed by atoms with Gasteiger partial charge in [0.25, 0.3) is 0 Å². The number of hydrogen-bond acceptors (Lipinski definition) is 5. The van der Waals surface area contributed by atoms with Crippen LogP contribution in [0.5, 0.6) is 0 Å². The summed E-state index contributed by atoms with van der Waals surface area (Å²) in [6.07, 6.45) is 6.22. The highest BCUT2D eigenvalue weighted by molar-refractivity contribution is 5.41. The van der Waals surface area contributed by atoms with Crippen LogP contribution >= 0.6 is 0 Å². The minimum Gasteiger partial charge on any atom is -0.311 e. The van der Waals surface area contributed by atoms with E-state index < -0.39 is 0 Å². The fourth-order valence-electron chi connectivity index (χ4n) is 1.41. The summed E-state index contributed by atoms with van der Waals surface area (Å²) in [6, 6.07) is 3.67. The molecule has 0 saturated carbocycles. The van der Waals surface area contributed by atoms with Gasteiger partial charge in [-0.1, -0.05) is 6.92 Å². The molecule has 0 spiro atoms. The summed E-state index contributed by atoms with van der Waals surface area (Å²) in [4.78, 5) is 16.9. The first kappa shape index (κ1) is 11.6. The third-order valence-corrected chi connectivity index (χ3v) is 2.21. The van der Waals surface area contributed by atoms with Gasteiger partial charge in [-0.2, -0.15) is 0 Å². The van der Waals surface area contributed by atoms with Crippen molar-refractivity contribution in [3.8, 4) is 11.6 Å². The predicted octanol–water partition coefficient (Wildman–Crippen LogP) is 1.43. The molecule has 0 atom stereocenters. The highest BCUT2D eigenvalue weighted by Crippen LogP contribution is 2.07. The predicted molar refractivity (Wildman–Crippen MR) is 65.1 cm³/mol. The van der Waals surface area contributed by atoms with Gasteiger partial charge in [-0.3, -0.25) is 0 Å². The molecule has 0 radical (unpaired) electrons. The van der Waals surface area contributed by atoms with Crippen molar-refractivity contribution in [2.45, 2.75) is 19.9 Å². The molecule has 0 aliphatic carbocycles. The molecule has 0 aliphatic heterocycles. The van der Waals surface area contributed by atoms with Crippen LogP contribution in [0.3, 0.4) is 0 Å². The Kier molecular flexibility index (Phi) is 4.10. The summed E-state index contributed by atoms with van der Waals surface area (Å²) in [5.41, 5.74) is 0.955. The maximum absolute atomic E-state index is 4.42. The third kappa shape index (κ3) is 3.29. The maximum Gasteiger partial charge on any atom is 0.197 e. The van der Waals surface area contributed by atoms with Crippen LogP contribution in [0, 0.1) is 0 Å². The van der Waals surface area contributed by atoms with E-state index in [-0.39, 0.29) is 0 Å². The van der Waals surface area contributed by atoms with Crippen molar-refractivity contribution in [1.82, 2.24) is 25.3 Å². The molecule has 17 heavy (non-hydrogen) atoms. The van der Waals surface area contributed by atoms with Gasteiger partial charge in [0, 0.05) is 25.1 Å². The number of aromatic nitrogens is 4. The Hall–Kier alpha value is -1.88. The van der Waals surface area contributed by atoms with Gasteiger partial charge in [0.1, 0.15) is 0 Å². The summed E-state index contributed by atoms with van der Waals surface area (Å²) in [5, 5.41) is 3.30. The van der Waals surface area contributed by atoms with E-state index in [1.807, 2.05) is 6.07 Å². The molecule has 1 N–H and O–H groups in total. The molecule has 0 fully saturated rings. The van der Waals surface area contributed by atoms with E-state index in [0.717, 1.165) is 25.2 Å². The van der Waals surface area contributed by atoms with E-state index in [4.69, 9.17) is 0 Å². The van der Waals surface area contributed by atoms with Gasteiger partial charge >= 0.3 is 0 Å². The summed E-state index contributed by atoms with van der Waals surface area (Å²) < 4.78 is 0. The van der Waals surface area contributed by atoms with Crippen LogP contribution in [-0.2, 0) is 6.54 Å². The smallest absolute Gasteiger partial charge is 0.197 e. The molecular weight excluding hydrogens is 214 g/mol. The van der Waals surface area contributed by atoms with Crippen LogP contribution in [0.15, 0.2) is 30.7 Å². The monoisotopic (exact) mass is 229 g/mol. The Balaban J connectivity index is 2.12. The van der Waals surface area contributed by atoms with Gasteiger partial charge in [0.2, 0.25) is 0 Å². The molecule has 2 aromatic heterocycles. The number of nitrogens with one attached hydrogen (secondary N) is 1. The number of hydrogen-bond donors (Lipinski definition) is 1. The molecular formula is C12H15N5. The van der Waals surface area contributed by atoms with Crippen LogP contribution in [0.2, 0.25) is 0 Å². The fraction of sp³-hybridized carbons (Fsp3) is 0.333. The van der Waals surface area contributed by atoms with E-state index in [1.165, 1.54) is 0 Å². The van der Waals surface area contributed by atoms with E-state index in [2.05, 4.69) is 32.2 Å². The zero-order valence-corrected chi connectivity index (χ0v) is 9.80. The Morgan fingerprint density at radius 1 is 1.06 bits per heavy atom. The maximum atomic E-state index is 4.42. The van der Waals surface area contributed by atoms with Gasteiger partial charge in [-0.15, -0.1) is 0 Å². The fourth-order valence-corrected chi connectivity index (χ4v) is 1.41. The van der Waals surface area contributed by atoms with E-state index in [1.54, 1.807) is 24.7 Å². The summed E-state index contributed by atoms with van der Waals surface area (Å²) >= 11 is 0. The van der Waals surface area contributed by atoms with Crippen LogP contribution in [0.4, 0.5) is 0 Å². The highest BCUT2D eigenvalue weighted by atomic mass is 15.0. The lowest BCUT2D eigenvalue weighted by Crippen LogP contribution is -2.15. The third-order valence-electron chi connectivity index (χ3n) is 2.21. The molecule has 2 heterocycles. The first-order valence-corrected chi connectivity index (χ1v) is 5.70. The van der Waals surface area contributed by atoms with E-state index in [9.17, 15) is 0 Å². The number of rotatable bonds is 5. The molecule has 0 amide bonds. The van der Waals surface area contributed by atoms with Crippen LogP contribution < -0.4 is 5.32 Å². The second kappa shape index (κ2) is 6.00. The molecule has 0 saturated heterocycles. The Labute approximate surface area is 100 Å². The van der Waals surface area contributed by atoms with Gasteiger partial charge in [-0.25, -0.2) is 19.9 Å². The summed E-state index contributed by atoms with van der Waals surface area (Å²) in [6.45, 7) is 3.87. The van der Waals surface area contributed by atoms with Crippen molar-refractivity contribution in [3.05, 3.63) is 36.4 Å². The molecule has 5 nitrogen and oxygen atoms in total. The summed E-state index contributed by atoms with van der Waals surface area (Å²) in [5.74, 6) is 1.13. The lowest BCUT2D eigenvalue weighted by Gasteiger charge is -2.03. The van der Waals surface area contributed by atoms with Crippen molar-refractivity contribution in [3.63, 3.8) is 0 Å². The van der Waals surface area contributed by atoms with Crippen molar-refractivity contribution < 1.29 is 0 Å². The minimum absolute atomic E-state index is 0.560. The van der Waals surface area contributed by atoms with Crippen molar-refractivity contribution in [1.29, 1.82) is 0 Å². The molecule has 88 valence electrons. The second-order valence-corrected chi connectivity index (χ2v) is 3.62. The SMILES string of the molecule is CCCNCc1ccnc(-c2ncccn2)n1. The summed E-state index contributed by atoms with van der Waals surface area (Å²) in [7, 11) is 0. The van der Waals surface area contributed by atoms with Crippen LogP contribution in [0.1, 0.15) is 19.0 Å². The average molecular weight is 229 g/mol. The molecule has 2 rings (SSSR count).